The van der Waals surface area contributed by atoms with Crippen LogP contribution < -0.4 is 0 Å². The molecular formula is C28H62N2O4Si2+2. The van der Waals surface area contributed by atoms with Crippen molar-refractivity contribution in [2.75, 3.05) is 66.8 Å². The smallest absolute Gasteiger partial charge is 0.305 e. The van der Waals surface area contributed by atoms with Crippen LogP contribution >= 0.6 is 0 Å². The van der Waals surface area contributed by atoms with Gasteiger partial charge in [-0.15, -0.1) is 0 Å². The Balaban J connectivity index is 4.16. The summed E-state index contributed by atoms with van der Waals surface area (Å²) in [7, 11) is 6.62. The Morgan fingerprint density at radius 3 is 1.08 bits per heavy atom. The molecule has 0 radical (unpaired) electrons. The fourth-order valence-corrected chi connectivity index (χ4v) is 13.9. The van der Waals surface area contributed by atoms with Gasteiger partial charge in [0.25, 0.3) is 0 Å². The largest absolute Gasteiger partial charge is 0.460 e. The van der Waals surface area contributed by atoms with Crippen LogP contribution in [-0.4, -0.2) is 104 Å². The van der Waals surface area contributed by atoms with Gasteiger partial charge in [-0.2, -0.15) is 0 Å². The average molecular weight is 547 g/mol. The van der Waals surface area contributed by atoms with Crippen molar-refractivity contribution in [3.05, 3.63) is 0 Å². The van der Waals surface area contributed by atoms with E-state index in [4.69, 9.17) is 9.47 Å². The van der Waals surface area contributed by atoms with Crippen molar-refractivity contribution >= 4 is 28.1 Å². The molecule has 214 valence electrons. The standard InChI is InChI=1S/C28H62N2O4Si2/c1-11-35(12-2,13-3)25-29(7,8)21-23-33-27(31)19-17-18-20-28(32)34-24-22-30(9,10)26-36(14-4,15-5)16-6/h11-26H2,1-10H3/q+2. The zero-order valence-corrected chi connectivity index (χ0v) is 27.8. The summed E-state index contributed by atoms with van der Waals surface area (Å²) in [6.07, 6.45) is 4.57. The minimum atomic E-state index is -1.21. The van der Waals surface area contributed by atoms with Crippen molar-refractivity contribution < 1.29 is 28.0 Å². The van der Waals surface area contributed by atoms with Crippen molar-refractivity contribution in [1.29, 1.82) is 0 Å². The van der Waals surface area contributed by atoms with Crippen LogP contribution in [0.15, 0.2) is 0 Å². The molecule has 0 aromatic heterocycles. The zero-order chi connectivity index (χ0) is 27.9. The zero-order valence-electron chi connectivity index (χ0n) is 25.8. The fourth-order valence-electron chi connectivity index (χ4n) is 5.64. The lowest BCUT2D eigenvalue weighted by atomic mass is 10.2. The summed E-state index contributed by atoms with van der Waals surface area (Å²) in [6.45, 7) is 16.7. The highest BCUT2D eigenvalue weighted by molar-refractivity contribution is 6.80. The Morgan fingerprint density at radius 1 is 0.556 bits per heavy atom. The summed E-state index contributed by atoms with van der Waals surface area (Å²) in [5.74, 6) is -0.300. The molecule has 0 amide bonds. The van der Waals surface area contributed by atoms with E-state index in [1.807, 2.05) is 0 Å². The third-order valence-electron chi connectivity index (χ3n) is 8.96. The van der Waals surface area contributed by atoms with Crippen LogP contribution in [0.4, 0.5) is 0 Å². The molecular weight excluding hydrogens is 484 g/mol. The number of likely N-dealkylation sites (N-methyl/N-ethyl adjacent to an activating group) is 2. The quantitative estimate of drug-likeness (QED) is 0.0781. The maximum atomic E-state index is 12.2. The van der Waals surface area contributed by atoms with Gasteiger partial charge in [-0.3, -0.25) is 9.59 Å². The normalized spacial score (nSPS) is 13.1. The predicted octanol–water partition coefficient (Wildman–Crippen LogP) is 5.88. The van der Waals surface area contributed by atoms with E-state index in [1.165, 1.54) is 48.6 Å². The number of hydrogen-bond donors (Lipinski definition) is 0. The summed E-state index contributed by atoms with van der Waals surface area (Å²) in [5.41, 5.74) is 0. The maximum absolute atomic E-state index is 12.2. The van der Waals surface area contributed by atoms with E-state index in [0.29, 0.717) is 38.9 Å². The van der Waals surface area contributed by atoms with Gasteiger partial charge < -0.3 is 18.4 Å². The molecule has 0 aliphatic carbocycles. The number of rotatable bonds is 21. The number of nitrogens with zero attached hydrogens (tertiary/aromatic N) is 2. The molecule has 0 aromatic rings. The highest BCUT2D eigenvalue weighted by atomic mass is 28.3. The molecule has 0 aliphatic heterocycles. The van der Waals surface area contributed by atoms with Gasteiger partial charge >= 0.3 is 11.9 Å². The lowest BCUT2D eigenvalue weighted by molar-refractivity contribution is -0.880. The molecule has 6 nitrogen and oxygen atoms in total. The number of quaternary nitrogens is 2. The second-order valence-corrected chi connectivity index (χ2v) is 23.3. The first-order valence-electron chi connectivity index (χ1n) is 14.7. The van der Waals surface area contributed by atoms with E-state index in [2.05, 4.69) is 69.7 Å². The van der Waals surface area contributed by atoms with E-state index in [9.17, 15) is 9.59 Å². The van der Waals surface area contributed by atoms with Crippen molar-refractivity contribution in [2.45, 2.75) is 103 Å². The molecule has 36 heavy (non-hydrogen) atoms. The molecule has 0 aliphatic rings. The Morgan fingerprint density at radius 2 is 0.833 bits per heavy atom. The van der Waals surface area contributed by atoms with Gasteiger partial charge in [0.05, 0.1) is 40.5 Å². The molecule has 0 saturated heterocycles. The highest BCUT2D eigenvalue weighted by Crippen LogP contribution is 2.24. The summed E-state index contributed by atoms with van der Waals surface area (Å²) in [6, 6.07) is 7.91. The third kappa shape index (κ3) is 13.7. The first-order valence-corrected chi connectivity index (χ1v) is 20.4. The summed E-state index contributed by atoms with van der Waals surface area (Å²) < 4.78 is 12.9. The van der Waals surface area contributed by atoms with Crippen LogP contribution in [-0.2, 0) is 19.1 Å². The monoisotopic (exact) mass is 546 g/mol. The topological polar surface area (TPSA) is 52.6 Å². The lowest BCUT2D eigenvalue weighted by Crippen LogP contribution is -2.55. The first kappa shape index (κ1) is 35.3. The van der Waals surface area contributed by atoms with E-state index in [-0.39, 0.29) is 11.9 Å². The molecule has 0 heterocycles. The Bertz CT molecular complexity index is 563. The maximum Gasteiger partial charge on any atom is 0.305 e. The highest BCUT2D eigenvalue weighted by Gasteiger charge is 2.36. The molecule has 8 heteroatoms. The molecule has 0 N–H and O–H groups in total. The Labute approximate surface area is 226 Å². The number of unbranched alkanes of at least 4 members (excludes halogenated alkanes) is 1. The molecule has 0 aromatic carbocycles. The van der Waals surface area contributed by atoms with Gasteiger partial charge in [0.2, 0.25) is 0 Å². The van der Waals surface area contributed by atoms with E-state index < -0.39 is 16.1 Å². The van der Waals surface area contributed by atoms with Crippen molar-refractivity contribution in [3.8, 4) is 0 Å². The first-order chi connectivity index (χ1) is 16.8. The van der Waals surface area contributed by atoms with Crippen LogP contribution in [0.1, 0.15) is 67.2 Å². The SMILES string of the molecule is CC[Si](CC)(CC)C[N+](C)(C)CCOC(=O)CCCCC(=O)OCC[N+](C)(C)C[Si](CC)(CC)CC. The molecule has 0 fully saturated rings. The summed E-state index contributed by atoms with van der Waals surface area (Å²) in [4.78, 5) is 24.3. The van der Waals surface area contributed by atoms with Crippen LogP contribution in [0, 0.1) is 0 Å². The Hall–Kier alpha value is -0.706. The number of hydrogen-bond acceptors (Lipinski definition) is 4. The van der Waals surface area contributed by atoms with Gasteiger partial charge in [0, 0.05) is 12.8 Å². The van der Waals surface area contributed by atoms with Gasteiger partial charge in [-0.25, -0.2) is 0 Å². The van der Waals surface area contributed by atoms with Gasteiger partial charge in [-0.1, -0.05) is 77.8 Å². The van der Waals surface area contributed by atoms with Crippen LogP contribution in [0.3, 0.4) is 0 Å². The van der Waals surface area contributed by atoms with Crippen molar-refractivity contribution in [2.24, 2.45) is 0 Å². The minimum absolute atomic E-state index is 0.150. The van der Waals surface area contributed by atoms with E-state index >= 15 is 0 Å². The number of ether oxygens (including phenoxy) is 2. The fraction of sp³-hybridized carbons (Fsp3) is 0.929. The van der Waals surface area contributed by atoms with E-state index in [0.717, 1.165) is 22.1 Å². The minimum Gasteiger partial charge on any atom is -0.460 e. The Kier molecular flexibility index (Phi) is 16.7. The van der Waals surface area contributed by atoms with Gasteiger partial charge in [0.15, 0.2) is 0 Å². The second-order valence-electron chi connectivity index (χ2n) is 12.4. The molecule has 0 unspecified atom stereocenters. The van der Waals surface area contributed by atoms with Crippen molar-refractivity contribution in [1.82, 2.24) is 0 Å². The number of esters is 2. The van der Waals surface area contributed by atoms with Crippen LogP contribution in [0.2, 0.25) is 36.3 Å². The van der Waals surface area contributed by atoms with E-state index in [1.54, 1.807) is 0 Å². The lowest BCUT2D eigenvalue weighted by Gasteiger charge is -2.39. The molecule has 0 rings (SSSR count). The summed E-state index contributed by atoms with van der Waals surface area (Å²) >= 11 is 0. The van der Waals surface area contributed by atoms with Crippen LogP contribution in [0.25, 0.3) is 0 Å². The molecule has 0 bridgehead atoms. The third-order valence-corrected chi connectivity index (χ3v) is 21.0. The van der Waals surface area contributed by atoms with Crippen molar-refractivity contribution in [3.63, 3.8) is 0 Å². The van der Waals surface area contributed by atoms with Crippen LogP contribution in [0.5, 0.6) is 0 Å². The second kappa shape index (κ2) is 17.0. The summed E-state index contributed by atoms with van der Waals surface area (Å²) in [5, 5.41) is 0. The van der Waals surface area contributed by atoms with Gasteiger partial charge in [0.1, 0.15) is 42.5 Å². The number of carbonyl (C=O) groups is 2. The molecule has 0 spiro atoms. The predicted molar refractivity (Wildman–Crippen MR) is 158 cm³/mol. The van der Waals surface area contributed by atoms with Gasteiger partial charge in [-0.05, 0) is 12.8 Å². The molecule has 0 saturated carbocycles. The molecule has 0 atom stereocenters. The number of carbonyl (C=O) groups excluding carboxylic acids is 2. The average Bonchev–Trinajstić information content (AvgIpc) is 2.83.